The predicted octanol–water partition coefficient (Wildman–Crippen LogP) is 2.42. The van der Waals surface area contributed by atoms with Crippen LogP contribution < -0.4 is 4.90 Å². The number of piperidine rings is 1. The third-order valence-corrected chi connectivity index (χ3v) is 5.94. The molecule has 4 aromatic rings. The van der Waals surface area contributed by atoms with Gasteiger partial charge in [0.1, 0.15) is 35.9 Å². The first-order valence-corrected chi connectivity index (χ1v) is 10.5. The summed E-state index contributed by atoms with van der Waals surface area (Å²) in [6, 6.07) is 8.29. The fraction of sp³-hybridized carbons (Fsp3) is 0.318. The Balaban J connectivity index is 1.58. The van der Waals surface area contributed by atoms with Gasteiger partial charge in [-0.3, -0.25) is 0 Å². The fourth-order valence-electron chi connectivity index (χ4n) is 4.38. The van der Waals surface area contributed by atoms with Crippen LogP contribution in [0.4, 0.5) is 5.69 Å². The van der Waals surface area contributed by atoms with Crippen LogP contribution in [0, 0.1) is 18.3 Å². The lowest BCUT2D eigenvalue weighted by Crippen LogP contribution is -2.34. The average Bonchev–Trinajstić information content (AvgIpc) is 3.46. The van der Waals surface area contributed by atoms with Crippen molar-refractivity contribution in [1.82, 2.24) is 39.7 Å². The molecule has 1 fully saturated rings. The summed E-state index contributed by atoms with van der Waals surface area (Å²) >= 11 is 0. The second-order valence-electron chi connectivity index (χ2n) is 7.90. The molecule has 10 nitrogen and oxygen atoms in total. The Morgan fingerprint density at radius 3 is 2.53 bits per heavy atom. The van der Waals surface area contributed by atoms with Gasteiger partial charge in [-0.1, -0.05) is 0 Å². The molecule has 1 aliphatic rings. The fourth-order valence-corrected chi connectivity index (χ4v) is 4.38. The van der Waals surface area contributed by atoms with E-state index in [-0.39, 0.29) is 0 Å². The van der Waals surface area contributed by atoms with E-state index in [0.717, 1.165) is 48.6 Å². The molecule has 160 valence electrons. The van der Waals surface area contributed by atoms with Gasteiger partial charge in [0.15, 0.2) is 0 Å². The van der Waals surface area contributed by atoms with Crippen LogP contribution in [0.3, 0.4) is 0 Å². The molecule has 0 aliphatic carbocycles. The van der Waals surface area contributed by atoms with Gasteiger partial charge in [0.05, 0.1) is 23.8 Å². The van der Waals surface area contributed by atoms with E-state index in [2.05, 4.69) is 41.4 Å². The maximum Gasteiger partial charge on any atom is 0.147 e. The lowest BCUT2D eigenvalue weighted by Gasteiger charge is -2.35. The third kappa shape index (κ3) is 3.47. The zero-order valence-corrected chi connectivity index (χ0v) is 17.9. The summed E-state index contributed by atoms with van der Waals surface area (Å²) in [5.74, 6) is 2.01. The number of rotatable bonds is 4. The van der Waals surface area contributed by atoms with Crippen molar-refractivity contribution >= 4 is 5.69 Å². The molecule has 32 heavy (non-hydrogen) atoms. The van der Waals surface area contributed by atoms with Gasteiger partial charge < -0.3 is 9.47 Å². The van der Waals surface area contributed by atoms with Crippen molar-refractivity contribution in [2.45, 2.75) is 25.7 Å². The summed E-state index contributed by atoms with van der Waals surface area (Å²) in [5.41, 5.74) is 4.05. The Hall–Kier alpha value is -4.13. The normalized spacial score (nSPS) is 14.5. The highest BCUT2D eigenvalue weighted by atomic mass is 15.3. The number of benzene rings is 1. The molecule has 3 aromatic heterocycles. The Bertz CT molecular complexity index is 1280. The monoisotopic (exact) mass is 426 g/mol. The van der Waals surface area contributed by atoms with Crippen molar-refractivity contribution in [3.05, 3.63) is 60.5 Å². The van der Waals surface area contributed by atoms with Crippen LogP contribution in [-0.2, 0) is 7.05 Å². The van der Waals surface area contributed by atoms with Crippen LogP contribution >= 0.6 is 0 Å². The quantitative estimate of drug-likeness (QED) is 0.489. The van der Waals surface area contributed by atoms with Gasteiger partial charge in [-0.05, 0) is 38.0 Å². The molecule has 0 unspecified atom stereocenters. The van der Waals surface area contributed by atoms with Gasteiger partial charge >= 0.3 is 0 Å². The third-order valence-electron chi connectivity index (χ3n) is 5.94. The Labute approximate surface area is 185 Å². The van der Waals surface area contributed by atoms with Crippen LogP contribution in [0.15, 0.2) is 43.2 Å². The van der Waals surface area contributed by atoms with Crippen molar-refractivity contribution in [2.24, 2.45) is 7.05 Å². The molecular formula is C22H22N10. The second kappa shape index (κ2) is 8.19. The van der Waals surface area contributed by atoms with Crippen molar-refractivity contribution < 1.29 is 0 Å². The van der Waals surface area contributed by atoms with E-state index >= 15 is 0 Å². The van der Waals surface area contributed by atoms with E-state index < -0.39 is 0 Å². The van der Waals surface area contributed by atoms with Gasteiger partial charge in [0.2, 0.25) is 0 Å². The van der Waals surface area contributed by atoms with E-state index in [4.69, 9.17) is 0 Å². The number of nitriles is 1. The summed E-state index contributed by atoms with van der Waals surface area (Å²) in [5, 5.41) is 30.9. The van der Waals surface area contributed by atoms with E-state index in [9.17, 15) is 5.26 Å². The number of hydrogen-bond acceptors (Lipinski definition) is 8. The molecule has 0 saturated carbocycles. The average molecular weight is 426 g/mol. The second-order valence-corrected chi connectivity index (χ2v) is 7.90. The molecule has 0 N–H and O–H groups in total. The van der Waals surface area contributed by atoms with Gasteiger partial charge in [0.25, 0.3) is 0 Å². The van der Waals surface area contributed by atoms with E-state index in [1.807, 2.05) is 36.7 Å². The maximum absolute atomic E-state index is 10.2. The van der Waals surface area contributed by atoms with Gasteiger partial charge in [-0.15, -0.1) is 10.2 Å². The highest BCUT2D eigenvalue weighted by molar-refractivity contribution is 5.85. The molecule has 4 heterocycles. The minimum Gasteiger partial charge on any atom is -0.370 e. The van der Waals surface area contributed by atoms with Crippen LogP contribution in [0.5, 0.6) is 0 Å². The smallest absolute Gasteiger partial charge is 0.147 e. The largest absolute Gasteiger partial charge is 0.370 e. The Morgan fingerprint density at radius 2 is 1.91 bits per heavy atom. The first kappa shape index (κ1) is 19.8. The van der Waals surface area contributed by atoms with Gasteiger partial charge in [-0.25, -0.2) is 9.67 Å². The van der Waals surface area contributed by atoms with Gasteiger partial charge in [-0.2, -0.15) is 20.6 Å². The highest BCUT2D eigenvalue weighted by Gasteiger charge is 2.28. The van der Waals surface area contributed by atoms with Crippen LogP contribution in [0.25, 0.3) is 16.8 Å². The Morgan fingerprint density at radius 1 is 1.06 bits per heavy atom. The van der Waals surface area contributed by atoms with Crippen molar-refractivity contribution in [1.29, 1.82) is 5.26 Å². The van der Waals surface area contributed by atoms with Crippen molar-refractivity contribution in [3.63, 3.8) is 0 Å². The summed E-state index contributed by atoms with van der Waals surface area (Å²) in [4.78, 5) is 6.52. The topological polar surface area (TPSA) is 114 Å². The first-order valence-electron chi connectivity index (χ1n) is 10.5. The first-order chi connectivity index (χ1) is 15.7. The minimum absolute atomic E-state index is 0.344. The molecule has 0 radical (unpaired) electrons. The summed E-state index contributed by atoms with van der Waals surface area (Å²) in [7, 11) is 1.98. The maximum atomic E-state index is 10.2. The number of anilines is 1. The zero-order valence-electron chi connectivity index (χ0n) is 17.9. The van der Waals surface area contributed by atoms with E-state index in [0.29, 0.717) is 23.0 Å². The number of aromatic nitrogens is 8. The van der Waals surface area contributed by atoms with Crippen LogP contribution in [0.1, 0.15) is 36.0 Å². The molecule has 1 saturated heterocycles. The molecule has 0 spiro atoms. The van der Waals surface area contributed by atoms with Crippen LogP contribution in [0.2, 0.25) is 0 Å². The van der Waals surface area contributed by atoms with Crippen LogP contribution in [-0.4, -0.2) is 52.8 Å². The molecule has 1 aromatic carbocycles. The van der Waals surface area contributed by atoms with Crippen molar-refractivity contribution in [3.8, 4) is 22.9 Å². The molecule has 10 heteroatoms. The standard InChI is InChI=1S/C22H22N10/c1-15-24-13-32(29-15)20-4-3-18(17-5-8-25-26-12-17)21(19(20)11-23)31-9-6-16(7-10-31)22-28-27-14-30(22)2/h3-5,8,12-14,16H,6-7,9-10H2,1-2H3. The summed E-state index contributed by atoms with van der Waals surface area (Å²) < 4.78 is 3.65. The van der Waals surface area contributed by atoms with E-state index in [1.54, 1.807) is 29.7 Å². The molecule has 1 aliphatic heterocycles. The minimum atomic E-state index is 0.344. The highest BCUT2D eigenvalue weighted by Crippen LogP contribution is 2.39. The molecule has 0 atom stereocenters. The SMILES string of the molecule is Cc1ncn(-c2ccc(-c3ccnnc3)c(N3CCC(c4nncn4C)CC3)c2C#N)n1. The predicted molar refractivity (Wildman–Crippen MR) is 117 cm³/mol. The zero-order chi connectivity index (χ0) is 22.1. The number of nitrogens with zero attached hydrogens (tertiary/aromatic N) is 10. The van der Waals surface area contributed by atoms with Crippen molar-refractivity contribution in [2.75, 3.05) is 18.0 Å². The van der Waals surface area contributed by atoms with Gasteiger partial charge in [0, 0.05) is 37.2 Å². The lowest BCUT2D eigenvalue weighted by atomic mass is 9.93. The molecule has 0 amide bonds. The lowest BCUT2D eigenvalue weighted by molar-refractivity contribution is 0.474. The summed E-state index contributed by atoms with van der Waals surface area (Å²) in [6.07, 6.45) is 8.64. The molecular weight excluding hydrogens is 404 g/mol. The number of hydrogen-bond donors (Lipinski definition) is 0. The number of aryl methyl sites for hydroxylation is 2. The Kier molecular flexibility index (Phi) is 5.07. The van der Waals surface area contributed by atoms with E-state index in [1.165, 1.54) is 0 Å². The molecule has 5 rings (SSSR count). The molecule has 0 bridgehead atoms. The summed E-state index contributed by atoms with van der Waals surface area (Å²) in [6.45, 7) is 3.44.